The lowest BCUT2D eigenvalue weighted by Crippen LogP contribution is -2.35. The van der Waals surface area contributed by atoms with E-state index in [4.69, 9.17) is 0 Å². The lowest BCUT2D eigenvalue weighted by molar-refractivity contribution is 0.0699. The number of rotatable bonds is 3. The Morgan fingerprint density at radius 1 is 1.17 bits per heavy atom. The van der Waals surface area contributed by atoms with Gasteiger partial charge in [-0.25, -0.2) is 9.59 Å². The molecule has 0 atom stereocenters. The van der Waals surface area contributed by atoms with E-state index in [1.807, 2.05) is 31.2 Å². The average Bonchev–Trinajstić information content (AvgIpc) is 2.91. The summed E-state index contributed by atoms with van der Waals surface area (Å²) in [5.41, 5.74) is 1.42. The van der Waals surface area contributed by atoms with Crippen molar-refractivity contribution in [3.63, 3.8) is 0 Å². The second kappa shape index (κ2) is 6.04. The summed E-state index contributed by atoms with van der Waals surface area (Å²) >= 11 is 0. The van der Waals surface area contributed by atoms with Crippen LogP contribution < -0.4 is 10.9 Å². The zero-order valence-corrected chi connectivity index (χ0v) is 12.9. The Kier molecular flexibility index (Phi) is 3.91. The molecule has 122 valence electrons. The molecule has 3 aromatic rings. The summed E-state index contributed by atoms with van der Waals surface area (Å²) in [6.07, 6.45) is 0. The van der Waals surface area contributed by atoms with Gasteiger partial charge in [-0.2, -0.15) is 4.68 Å². The molecular weight excluding hydrogens is 310 g/mol. The van der Waals surface area contributed by atoms with Crippen LogP contribution in [0.1, 0.15) is 21.5 Å². The Morgan fingerprint density at radius 2 is 1.92 bits per heavy atom. The number of carboxylic acid groups (broad SMARTS) is 1. The Bertz CT molecular complexity index is 1000. The number of amides is 1. The summed E-state index contributed by atoms with van der Waals surface area (Å²) in [4.78, 5) is 35.9. The number of hydrogen-bond acceptors (Lipinski definition) is 3. The monoisotopic (exact) mass is 325 g/mol. The van der Waals surface area contributed by atoms with Gasteiger partial charge in [-0.15, -0.1) is 0 Å². The van der Waals surface area contributed by atoms with E-state index in [1.54, 1.807) is 6.07 Å². The van der Waals surface area contributed by atoms with E-state index in [2.05, 4.69) is 10.4 Å². The van der Waals surface area contributed by atoms with Crippen molar-refractivity contribution in [2.24, 2.45) is 0 Å². The zero-order chi connectivity index (χ0) is 17.3. The number of aromatic nitrogens is 2. The number of H-pyrrole nitrogens is 1. The maximum atomic E-state index is 12.4. The van der Waals surface area contributed by atoms with Gasteiger partial charge in [-0.3, -0.25) is 9.89 Å². The Hall–Kier alpha value is -3.35. The molecule has 0 radical (unpaired) electrons. The minimum Gasteiger partial charge on any atom is -0.478 e. The van der Waals surface area contributed by atoms with Gasteiger partial charge >= 0.3 is 12.0 Å². The molecule has 0 bridgehead atoms. The number of hydrogen-bond donors (Lipinski definition) is 3. The number of nitrogens with one attached hydrogen (secondary N) is 2. The normalized spacial score (nSPS) is 10.7. The molecule has 1 aromatic heterocycles. The van der Waals surface area contributed by atoms with E-state index < -0.39 is 17.6 Å². The number of carbonyl (C=O) groups is 2. The molecule has 1 amide bonds. The maximum absolute atomic E-state index is 12.4. The highest BCUT2D eigenvalue weighted by atomic mass is 16.4. The molecule has 0 saturated carbocycles. The summed E-state index contributed by atoms with van der Waals surface area (Å²) in [7, 11) is 0. The topological polar surface area (TPSA) is 104 Å². The van der Waals surface area contributed by atoms with Gasteiger partial charge in [0.05, 0.1) is 16.5 Å². The third kappa shape index (κ3) is 2.67. The van der Waals surface area contributed by atoms with Crippen LogP contribution in [0.3, 0.4) is 0 Å². The summed E-state index contributed by atoms with van der Waals surface area (Å²) in [6, 6.07) is 11.3. The molecule has 2 aromatic carbocycles. The third-order valence-electron chi connectivity index (χ3n) is 3.84. The second-order valence-corrected chi connectivity index (χ2v) is 5.37. The molecule has 3 rings (SSSR count). The molecule has 0 aliphatic carbocycles. The average molecular weight is 325 g/mol. The van der Waals surface area contributed by atoms with Crippen LogP contribution in [-0.4, -0.2) is 26.9 Å². The number of nitrogens with zero attached hydrogens (tertiary/aromatic N) is 1. The predicted molar refractivity (Wildman–Crippen MR) is 88.3 cm³/mol. The number of carboxylic acids is 1. The van der Waals surface area contributed by atoms with E-state index >= 15 is 0 Å². The number of aryl methyl sites for hydroxylation is 1. The van der Waals surface area contributed by atoms with E-state index in [0.717, 1.165) is 15.8 Å². The quantitative estimate of drug-likeness (QED) is 0.686. The molecule has 0 unspecified atom stereocenters. The van der Waals surface area contributed by atoms with Crippen molar-refractivity contribution in [2.45, 2.75) is 13.5 Å². The van der Waals surface area contributed by atoms with E-state index in [9.17, 15) is 19.5 Å². The van der Waals surface area contributed by atoms with Gasteiger partial charge in [0.15, 0.2) is 0 Å². The van der Waals surface area contributed by atoms with Crippen molar-refractivity contribution in [1.82, 2.24) is 15.1 Å². The molecule has 3 N–H and O–H groups in total. The van der Waals surface area contributed by atoms with E-state index in [1.165, 1.54) is 12.1 Å². The molecule has 0 aliphatic rings. The van der Waals surface area contributed by atoms with Gasteiger partial charge in [-0.1, -0.05) is 30.3 Å². The van der Waals surface area contributed by atoms with Crippen molar-refractivity contribution in [2.75, 3.05) is 0 Å². The van der Waals surface area contributed by atoms with Gasteiger partial charge in [0.1, 0.15) is 0 Å². The lowest BCUT2D eigenvalue weighted by Gasteiger charge is -2.07. The fourth-order valence-electron chi connectivity index (χ4n) is 2.54. The Labute approximate surface area is 136 Å². The van der Waals surface area contributed by atoms with Crippen molar-refractivity contribution in [3.8, 4) is 0 Å². The minimum atomic E-state index is -1.22. The van der Waals surface area contributed by atoms with Gasteiger partial charge in [0, 0.05) is 6.54 Å². The Balaban J connectivity index is 1.92. The molecule has 1 heterocycles. The minimum absolute atomic E-state index is 0.0176. The van der Waals surface area contributed by atoms with E-state index in [0.29, 0.717) is 5.52 Å². The number of fused-ring (bicyclic) bond motifs is 1. The van der Waals surface area contributed by atoms with Crippen LogP contribution in [0.4, 0.5) is 4.79 Å². The number of aromatic carboxylic acids is 1. The first-order valence-electron chi connectivity index (χ1n) is 7.29. The first-order chi connectivity index (χ1) is 11.5. The SMILES string of the molecule is Cc1ccccc1CNC(=O)n1[nH]c2cccc(C(=O)O)c2c1=O. The first-order valence-corrected chi connectivity index (χ1v) is 7.29. The summed E-state index contributed by atoms with van der Waals surface area (Å²) in [5, 5.41) is 14.4. The Morgan fingerprint density at radius 3 is 2.62 bits per heavy atom. The van der Waals surface area contributed by atoms with Gasteiger partial charge in [0.2, 0.25) is 0 Å². The third-order valence-corrected chi connectivity index (χ3v) is 3.84. The van der Waals surface area contributed by atoms with Crippen molar-refractivity contribution < 1.29 is 14.7 Å². The largest absolute Gasteiger partial charge is 0.478 e. The summed E-state index contributed by atoms with van der Waals surface area (Å²) in [5.74, 6) is -1.22. The standard InChI is InChI=1S/C17H15N3O4/c1-10-5-2-3-6-11(10)9-18-17(24)20-15(21)14-12(16(22)23)7-4-8-13(14)19-20/h2-8,19H,9H2,1H3,(H,18,24)(H,22,23). The number of benzene rings is 2. The number of carbonyl (C=O) groups excluding carboxylic acids is 1. The fraction of sp³-hybridized carbons (Fsp3) is 0.118. The smallest absolute Gasteiger partial charge is 0.343 e. The second-order valence-electron chi connectivity index (χ2n) is 5.37. The number of aromatic amines is 1. The zero-order valence-electron chi connectivity index (χ0n) is 12.9. The maximum Gasteiger partial charge on any atom is 0.343 e. The van der Waals surface area contributed by atoms with Crippen LogP contribution in [0.15, 0.2) is 47.3 Å². The highest BCUT2D eigenvalue weighted by molar-refractivity contribution is 6.03. The van der Waals surface area contributed by atoms with E-state index in [-0.39, 0.29) is 17.5 Å². The first kappa shape index (κ1) is 15.5. The van der Waals surface area contributed by atoms with Crippen LogP contribution in [0, 0.1) is 6.92 Å². The highest BCUT2D eigenvalue weighted by Crippen LogP contribution is 2.13. The van der Waals surface area contributed by atoms with Crippen LogP contribution in [0.5, 0.6) is 0 Å². The molecular formula is C17H15N3O4. The summed E-state index contributed by atoms with van der Waals surface area (Å²) < 4.78 is 0.787. The van der Waals surface area contributed by atoms with Gasteiger partial charge in [-0.05, 0) is 30.2 Å². The predicted octanol–water partition coefficient (Wildman–Crippen LogP) is 2.09. The van der Waals surface area contributed by atoms with Crippen LogP contribution in [0.25, 0.3) is 10.9 Å². The van der Waals surface area contributed by atoms with Gasteiger partial charge in [0.25, 0.3) is 5.56 Å². The molecule has 0 saturated heterocycles. The molecule has 7 nitrogen and oxygen atoms in total. The fourth-order valence-corrected chi connectivity index (χ4v) is 2.54. The molecule has 0 aliphatic heterocycles. The van der Waals surface area contributed by atoms with Crippen LogP contribution >= 0.6 is 0 Å². The van der Waals surface area contributed by atoms with Crippen molar-refractivity contribution >= 4 is 22.9 Å². The van der Waals surface area contributed by atoms with Crippen LogP contribution in [0.2, 0.25) is 0 Å². The summed E-state index contributed by atoms with van der Waals surface area (Å²) in [6.45, 7) is 2.19. The molecule has 0 fully saturated rings. The van der Waals surface area contributed by atoms with Gasteiger partial charge < -0.3 is 10.4 Å². The molecule has 7 heteroatoms. The van der Waals surface area contributed by atoms with Crippen molar-refractivity contribution in [1.29, 1.82) is 0 Å². The molecule has 24 heavy (non-hydrogen) atoms. The highest BCUT2D eigenvalue weighted by Gasteiger charge is 2.18. The van der Waals surface area contributed by atoms with Crippen LogP contribution in [-0.2, 0) is 6.54 Å². The van der Waals surface area contributed by atoms with Crippen molar-refractivity contribution in [3.05, 3.63) is 69.5 Å². The molecule has 0 spiro atoms. The lowest BCUT2D eigenvalue weighted by atomic mass is 10.1.